The van der Waals surface area contributed by atoms with Gasteiger partial charge in [-0.3, -0.25) is 9.78 Å². The summed E-state index contributed by atoms with van der Waals surface area (Å²) in [5, 5.41) is 4.83. The molecule has 0 bridgehead atoms. The molecule has 0 radical (unpaired) electrons. The molecule has 0 amide bonds. The van der Waals surface area contributed by atoms with E-state index in [2.05, 4.69) is 31.0 Å². The number of halogens is 4. The van der Waals surface area contributed by atoms with Crippen LogP contribution in [0.2, 0.25) is 0 Å². The Morgan fingerprint density at radius 1 is 1.06 bits per heavy atom. The molecule has 0 aliphatic heterocycles. The number of pyridine rings is 1. The van der Waals surface area contributed by atoms with Crippen LogP contribution in [0, 0.1) is 6.92 Å². The Hall–Kier alpha value is -3.79. The van der Waals surface area contributed by atoms with E-state index in [1.54, 1.807) is 24.4 Å². The summed E-state index contributed by atoms with van der Waals surface area (Å²) in [6.45, 7) is 1.87. The lowest BCUT2D eigenvalue weighted by Crippen LogP contribution is -2.25. The van der Waals surface area contributed by atoms with Crippen LogP contribution in [0.15, 0.2) is 81.0 Å². The zero-order chi connectivity index (χ0) is 24.0. The number of aryl methyl sites for hydroxylation is 1. The van der Waals surface area contributed by atoms with Crippen LogP contribution in [0.25, 0.3) is 39.2 Å². The van der Waals surface area contributed by atoms with Crippen molar-refractivity contribution < 1.29 is 17.6 Å². The van der Waals surface area contributed by atoms with Crippen molar-refractivity contribution in [1.82, 2.24) is 19.7 Å². The van der Waals surface area contributed by atoms with Gasteiger partial charge in [0.1, 0.15) is 11.2 Å². The highest BCUT2D eigenvalue weighted by molar-refractivity contribution is 9.10. The van der Waals surface area contributed by atoms with Gasteiger partial charge in [0.05, 0.1) is 17.4 Å². The number of rotatable bonds is 3. The fraction of sp³-hybridized carbons (Fsp3) is 0.0833. The summed E-state index contributed by atoms with van der Waals surface area (Å²) in [5.74, 6) is 0.520. The predicted octanol–water partition coefficient (Wildman–Crippen LogP) is 6.19. The summed E-state index contributed by atoms with van der Waals surface area (Å²) >= 11 is 3.20. The summed E-state index contributed by atoms with van der Waals surface area (Å²) in [6.07, 6.45) is -0.413. The first-order valence-electron chi connectivity index (χ1n) is 9.98. The molecule has 2 aromatic carbocycles. The molecule has 0 aliphatic rings. The zero-order valence-electron chi connectivity index (χ0n) is 17.5. The van der Waals surface area contributed by atoms with E-state index in [1.807, 2.05) is 19.1 Å². The summed E-state index contributed by atoms with van der Waals surface area (Å²) in [7, 11) is 0. The van der Waals surface area contributed by atoms with Crippen molar-refractivity contribution in [2.45, 2.75) is 13.1 Å². The van der Waals surface area contributed by atoms with E-state index < -0.39 is 23.0 Å². The van der Waals surface area contributed by atoms with Crippen molar-refractivity contribution in [3.8, 4) is 28.3 Å². The molecular weight excluding hydrogens is 513 g/mol. The van der Waals surface area contributed by atoms with Crippen LogP contribution in [-0.4, -0.2) is 19.7 Å². The lowest BCUT2D eigenvalue weighted by Gasteiger charge is -2.16. The van der Waals surface area contributed by atoms with Crippen molar-refractivity contribution in [3.05, 3.63) is 93.3 Å². The molecule has 0 fully saturated rings. The fourth-order valence-electron chi connectivity index (χ4n) is 3.78. The van der Waals surface area contributed by atoms with E-state index >= 15 is 0 Å². The number of nitrogens with zero attached hydrogens (tertiary/aromatic N) is 4. The van der Waals surface area contributed by atoms with Crippen LogP contribution in [0.3, 0.4) is 0 Å². The first kappa shape index (κ1) is 22.0. The summed E-state index contributed by atoms with van der Waals surface area (Å²) in [6, 6.07) is 12.2. The monoisotopic (exact) mass is 526 g/mol. The normalized spacial score (nSPS) is 11.8. The van der Waals surface area contributed by atoms with Gasteiger partial charge >= 0.3 is 6.18 Å². The maximum absolute atomic E-state index is 13.8. The SMILES string of the molecule is Cc1cc(-c2cnco2)cc(-c2nn(-c3cc(Br)ccc3C(F)(F)F)c(=O)c3ncccc23)c1. The standard InChI is InChI=1S/C24H14BrF3N4O2/c1-13-7-14(20-11-29-12-34-20)9-15(8-13)21-17-3-2-6-30-22(17)23(33)32(31-21)19-10-16(25)4-5-18(19)24(26,27)28/h2-12H,1H3. The Bertz CT molecular complexity index is 1590. The number of fused-ring (bicyclic) bond motifs is 1. The molecule has 0 N–H and O–H groups in total. The van der Waals surface area contributed by atoms with Gasteiger partial charge in [-0.05, 0) is 61.0 Å². The Kier molecular flexibility index (Phi) is 5.32. The minimum absolute atomic E-state index is 0.00308. The molecule has 10 heteroatoms. The van der Waals surface area contributed by atoms with Gasteiger partial charge in [0.15, 0.2) is 12.2 Å². The Balaban J connectivity index is 1.85. The molecule has 0 unspecified atom stereocenters. The Morgan fingerprint density at radius 3 is 2.59 bits per heavy atom. The fourth-order valence-corrected chi connectivity index (χ4v) is 4.13. The molecule has 0 atom stereocenters. The van der Waals surface area contributed by atoms with Gasteiger partial charge in [-0.1, -0.05) is 15.9 Å². The average Bonchev–Trinajstić information content (AvgIpc) is 3.33. The second-order valence-corrected chi connectivity index (χ2v) is 8.49. The first-order chi connectivity index (χ1) is 16.2. The van der Waals surface area contributed by atoms with Gasteiger partial charge in [-0.2, -0.15) is 23.0 Å². The Morgan fingerprint density at radius 2 is 1.85 bits per heavy atom. The largest absolute Gasteiger partial charge is 0.444 e. The molecule has 5 rings (SSSR count). The van der Waals surface area contributed by atoms with Crippen molar-refractivity contribution in [3.63, 3.8) is 0 Å². The highest BCUT2D eigenvalue weighted by atomic mass is 79.9. The van der Waals surface area contributed by atoms with Crippen molar-refractivity contribution in [2.24, 2.45) is 0 Å². The van der Waals surface area contributed by atoms with Crippen molar-refractivity contribution >= 4 is 26.8 Å². The maximum Gasteiger partial charge on any atom is 0.418 e. The van der Waals surface area contributed by atoms with E-state index in [-0.39, 0.29) is 5.52 Å². The van der Waals surface area contributed by atoms with Gasteiger partial charge < -0.3 is 4.42 Å². The molecule has 3 aromatic heterocycles. The molecule has 0 aliphatic carbocycles. The van der Waals surface area contributed by atoms with Crippen LogP contribution in [0.5, 0.6) is 0 Å². The molecule has 0 spiro atoms. The predicted molar refractivity (Wildman–Crippen MR) is 124 cm³/mol. The van der Waals surface area contributed by atoms with E-state index in [1.165, 1.54) is 24.7 Å². The van der Waals surface area contributed by atoms with E-state index in [9.17, 15) is 18.0 Å². The summed E-state index contributed by atoms with van der Waals surface area (Å²) in [5.41, 5.74) is 0.319. The second-order valence-electron chi connectivity index (χ2n) is 7.58. The number of alkyl halides is 3. The van der Waals surface area contributed by atoms with Crippen LogP contribution in [0.1, 0.15) is 11.1 Å². The molecule has 5 aromatic rings. The van der Waals surface area contributed by atoms with Crippen LogP contribution >= 0.6 is 15.9 Å². The zero-order valence-corrected chi connectivity index (χ0v) is 19.1. The van der Waals surface area contributed by atoms with Crippen LogP contribution in [0.4, 0.5) is 13.2 Å². The van der Waals surface area contributed by atoms with Gasteiger partial charge in [-0.15, -0.1) is 0 Å². The Labute approximate surface area is 198 Å². The minimum Gasteiger partial charge on any atom is -0.444 e. The van der Waals surface area contributed by atoms with Crippen LogP contribution in [-0.2, 0) is 6.18 Å². The van der Waals surface area contributed by atoms with Crippen molar-refractivity contribution in [1.29, 1.82) is 0 Å². The summed E-state index contributed by atoms with van der Waals surface area (Å²) < 4.78 is 48.0. The summed E-state index contributed by atoms with van der Waals surface area (Å²) in [4.78, 5) is 21.4. The highest BCUT2D eigenvalue weighted by Crippen LogP contribution is 2.36. The number of oxazole rings is 1. The molecule has 0 saturated heterocycles. The van der Waals surface area contributed by atoms with Gasteiger partial charge in [-0.25, -0.2) is 4.98 Å². The van der Waals surface area contributed by atoms with Gasteiger partial charge in [0.2, 0.25) is 0 Å². The third kappa shape index (κ3) is 3.90. The van der Waals surface area contributed by atoms with Gasteiger partial charge in [0.25, 0.3) is 5.56 Å². The third-order valence-corrected chi connectivity index (χ3v) is 5.71. The lowest BCUT2D eigenvalue weighted by molar-refractivity contribution is -0.137. The molecule has 170 valence electrons. The van der Waals surface area contributed by atoms with E-state index in [0.717, 1.165) is 16.3 Å². The van der Waals surface area contributed by atoms with E-state index in [4.69, 9.17) is 4.42 Å². The molecule has 3 heterocycles. The van der Waals surface area contributed by atoms with Crippen molar-refractivity contribution in [2.75, 3.05) is 0 Å². The van der Waals surface area contributed by atoms with E-state index in [0.29, 0.717) is 32.4 Å². The third-order valence-electron chi connectivity index (χ3n) is 5.22. The molecule has 34 heavy (non-hydrogen) atoms. The van der Waals surface area contributed by atoms with Crippen LogP contribution < -0.4 is 5.56 Å². The minimum atomic E-state index is -4.70. The first-order valence-corrected chi connectivity index (χ1v) is 10.8. The van der Waals surface area contributed by atoms with Gasteiger partial charge in [0, 0.05) is 27.2 Å². The number of benzene rings is 2. The average molecular weight is 527 g/mol. The lowest BCUT2D eigenvalue weighted by atomic mass is 10.0. The topological polar surface area (TPSA) is 73.8 Å². The molecular formula is C24H14BrF3N4O2. The highest BCUT2D eigenvalue weighted by Gasteiger charge is 2.35. The number of hydrogen-bond acceptors (Lipinski definition) is 5. The smallest absolute Gasteiger partial charge is 0.418 e. The number of hydrogen-bond donors (Lipinski definition) is 0. The quantitative estimate of drug-likeness (QED) is 0.280. The molecule has 6 nitrogen and oxygen atoms in total. The number of aromatic nitrogens is 4. The maximum atomic E-state index is 13.8. The molecule has 0 saturated carbocycles. The second kappa shape index (κ2) is 8.21.